The highest BCUT2D eigenvalue weighted by Crippen LogP contribution is 2.32. The van der Waals surface area contributed by atoms with Gasteiger partial charge in [0.2, 0.25) is 11.8 Å². The number of amides is 2. The Balaban J connectivity index is 3.09. The van der Waals surface area contributed by atoms with Crippen molar-refractivity contribution in [3.8, 4) is 0 Å². The molecule has 0 aromatic rings. The average molecular weight is 253 g/mol. The number of imide groups is 1. The van der Waals surface area contributed by atoms with Gasteiger partial charge in [0.05, 0.1) is 11.8 Å². The first kappa shape index (κ1) is 14.5. The number of rotatable bonds is 3. The smallest absolute Gasteiger partial charge is 0.234 e. The minimum absolute atomic E-state index is 0.0556. The number of nitrogens with zero attached hydrogens (tertiary/aromatic N) is 1. The minimum atomic E-state index is -0.992. The van der Waals surface area contributed by atoms with E-state index in [0.717, 1.165) is 4.90 Å². The summed E-state index contributed by atoms with van der Waals surface area (Å²) in [4.78, 5) is 48.2. The topological polar surface area (TPSA) is 71.5 Å². The quantitative estimate of drug-likeness (QED) is 0.554. The number of hydrogen-bond donors (Lipinski definition) is 0. The fourth-order valence-corrected chi connectivity index (χ4v) is 2.47. The molecule has 1 unspecified atom stereocenters. The molecule has 5 heteroatoms. The van der Waals surface area contributed by atoms with Gasteiger partial charge in [0.1, 0.15) is 11.6 Å². The third-order valence-corrected chi connectivity index (χ3v) is 3.13. The van der Waals surface area contributed by atoms with Crippen LogP contribution in [0.1, 0.15) is 41.0 Å². The summed E-state index contributed by atoms with van der Waals surface area (Å²) in [7, 11) is 0. The molecule has 1 aliphatic heterocycles. The predicted molar refractivity (Wildman–Crippen MR) is 64.6 cm³/mol. The first-order chi connectivity index (χ1) is 8.07. The molecule has 0 bridgehead atoms. The van der Waals surface area contributed by atoms with Crippen molar-refractivity contribution >= 4 is 23.4 Å². The SMILES string of the molecule is CC(=O)C(C(C)=O)C1CC(=O)N(C(C)(C)C)C1=O. The van der Waals surface area contributed by atoms with Crippen LogP contribution in [0.15, 0.2) is 0 Å². The molecule has 0 aliphatic carbocycles. The molecule has 1 heterocycles. The zero-order valence-corrected chi connectivity index (χ0v) is 11.4. The van der Waals surface area contributed by atoms with Crippen molar-refractivity contribution in [2.24, 2.45) is 11.8 Å². The maximum absolute atomic E-state index is 12.2. The number of likely N-dealkylation sites (tertiary alicyclic amines) is 1. The van der Waals surface area contributed by atoms with Gasteiger partial charge in [0.25, 0.3) is 0 Å². The Bertz CT molecular complexity index is 405. The average Bonchev–Trinajstić information content (AvgIpc) is 2.39. The Hall–Kier alpha value is -1.52. The van der Waals surface area contributed by atoms with Crippen LogP contribution in [0.2, 0.25) is 0 Å². The molecule has 5 nitrogen and oxygen atoms in total. The van der Waals surface area contributed by atoms with Gasteiger partial charge >= 0.3 is 0 Å². The van der Waals surface area contributed by atoms with E-state index in [0.29, 0.717) is 0 Å². The van der Waals surface area contributed by atoms with Gasteiger partial charge in [-0.05, 0) is 34.6 Å². The molecule has 0 radical (unpaired) electrons. The molecule has 18 heavy (non-hydrogen) atoms. The minimum Gasteiger partial charge on any atom is -0.299 e. The zero-order chi connectivity index (χ0) is 14.2. The van der Waals surface area contributed by atoms with Crippen molar-refractivity contribution in [1.29, 1.82) is 0 Å². The van der Waals surface area contributed by atoms with Crippen molar-refractivity contribution in [3.05, 3.63) is 0 Å². The third-order valence-electron chi connectivity index (χ3n) is 3.13. The Kier molecular flexibility index (Phi) is 3.74. The van der Waals surface area contributed by atoms with E-state index in [-0.39, 0.29) is 23.9 Å². The molecule has 0 spiro atoms. The van der Waals surface area contributed by atoms with E-state index in [2.05, 4.69) is 0 Å². The van der Waals surface area contributed by atoms with E-state index >= 15 is 0 Å². The maximum atomic E-state index is 12.2. The van der Waals surface area contributed by atoms with Crippen LogP contribution in [0, 0.1) is 11.8 Å². The van der Waals surface area contributed by atoms with Gasteiger partial charge in [-0.1, -0.05) is 0 Å². The summed E-state index contributed by atoms with van der Waals surface area (Å²) in [6.07, 6.45) is -0.0556. The first-order valence-corrected chi connectivity index (χ1v) is 5.95. The lowest BCUT2D eigenvalue weighted by molar-refractivity contribution is -0.148. The molecule has 2 amide bonds. The van der Waals surface area contributed by atoms with Crippen molar-refractivity contribution in [2.45, 2.75) is 46.6 Å². The van der Waals surface area contributed by atoms with Gasteiger partial charge in [-0.2, -0.15) is 0 Å². The number of Topliss-reactive ketones (excluding diaryl/α,β-unsaturated/α-hetero) is 2. The summed E-state index contributed by atoms with van der Waals surface area (Å²) in [6.45, 7) is 7.82. The molecule has 0 aromatic carbocycles. The fourth-order valence-electron chi connectivity index (χ4n) is 2.47. The molecule has 1 aliphatic rings. The molecular formula is C13H19NO4. The van der Waals surface area contributed by atoms with Crippen LogP contribution < -0.4 is 0 Å². The normalized spacial score (nSPS) is 20.8. The van der Waals surface area contributed by atoms with Gasteiger partial charge in [0, 0.05) is 12.0 Å². The highest BCUT2D eigenvalue weighted by Gasteiger charge is 2.49. The second-order valence-corrected chi connectivity index (χ2v) is 5.75. The molecule has 100 valence electrons. The van der Waals surface area contributed by atoms with Crippen LogP contribution in [-0.4, -0.2) is 33.8 Å². The van der Waals surface area contributed by atoms with Crippen LogP contribution in [-0.2, 0) is 19.2 Å². The Labute approximate surface area is 107 Å². The summed E-state index contributed by atoms with van der Waals surface area (Å²) < 4.78 is 0. The van der Waals surface area contributed by atoms with E-state index in [4.69, 9.17) is 0 Å². The number of ketones is 2. The first-order valence-electron chi connectivity index (χ1n) is 5.95. The lowest BCUT2D eigenvalue weighted by atomic mass is 9.85. The van der Waals surface area contributed by atoms with Gasteiger partial charge < -0.3 is 0 Å². The molecule has 0 N–H and O–H groups in total. The van der Waals surface area contributed by atoms with Gasteiger partial charge in [-0.15, -0.1) is 0 Å². The molecule has 1 atom stereocenters. The fraction of sp³-hybridized carbons (Fsp3) is 0.692. The van der Waals surface area contributed by atoms with Crippen molar-refractivity contribution in [2.75, 3.05) is 0 Å². The van der Waals surface area contributed by atoms with E-state index in [1.807, 2.05) is 0 Å². The number of carbonyl (C=O) groups is 4. The third kappa shape index (κ3) is 2.49. The van der Waals surface area contributed by atoms with Crippen molar-refractivity contribution < 1.29 is 19.2 Å². The summed E-state index contributed by atoms with van der Waals surface area (Å²) in [6, 6.07) is 0. The highest BCUT2D eigenvalue weighted by molar-refractivity contribution is 6.11. The summed E-state index contributed by atoms with van der Waals surface area (Å²) in [5.41, 5.74) is -0.624. The highest BCUT2D eigenvalue weighted by atomic mass is 16.2. The van der Waals surface area contributed by atoms with Crippen LogP contribution in [0.4, 0.5) is 0 Å². The molecule has 0 saturated carbocycles. The van der Waals surface area contributed by atoms with Crippen LogP contribution >= 0.6 is 0 Å². The largest absolute Gasteiger partial charge is 0.299 e. The monoisotopic (exact) mass is 253 g/mol. The van der Waals surface area contributed by atoms with E-state index < -0.39 is 23.3 Å². The second-order valence-electron chi connectivity index (χ2n) is 5.75. The summed E-state index contributed by atoms with van der Waals surface area (Å²) >= 11 is 0. The number of hydrogen-bond acceptors (Lipinski definition) is 4. The molecule has 1 fully saturated rings. The molecule has 1 saturated heterocycles. The van der Waals surface area contributed by atoms with Gasteiger partial charge in [-0.3, -0.25) is 24.1 Å². The Morgan fingerprint density at radius 3 is 1.89 bits per heavy atom. The summed E-state index contributed by atoms with van der Waals surface area (Å²) in [5.74, 6) is -3.26. The van der Waals surface area contributed by atoms with E-state index in [1.54, 1.807) is 20.8 Å². The molecule has 1 rings (SSSR count). The van der Waals surface area contributed by atoms with Crippen LogP contribution in [0.3, 0.4) is 0 Å². The lowest BCUT2D eigenvalue weighted by Crippen LogP contribution is -2.46. The van der Waals surface area contributed by atoms with E-state index in [1.165, 1.54) is 13.8 Å². The number of carbonyl (C=O) groups excluding carboxylic acids is 4. The molecule has 0 aromatic heterocycles. The maximum Gasteiger partial charge on any atom is 0.234 e. The zero-order valence-electron chi connectivity index (χ0n) is 11.4. The van der Waals surface area contributed by atoms with Crippen molar-refractivity contribution in [1.82, 2.24) is 4.90 Å². The van der Waals surface area contributed by atoms with Crippen LogP contribution in [0.25, 0.3) is 0 Å². The Morgan fingerprint density at radius 1 is 1.17 bits per heavy atom. The Morgan fingerprint density at radius 2 is 1.61 bits per heavy atom. The predicted octanol–water partition coefficient (Wildman–Crippen LogP) is 0.954. The van der Waals surface area contributed by atoms with Gasteiger partial charge in [0.15, 0.2) is 0 Å². The second kappa shape index (κ2) is 4.63. The standard InChI is InChI=1S/C13H19NO4/c1-7(15)11(8(2)16)9-6-10(17)14(12(9)18)13(3,4)5/h9,11H,6H2,1-5H3. The van der Waals surface area contributed by atoms with Crippen LogP contribution in [0.5, 0.6) is 0 Å². The van der Waals surface area contributed by atoms with Crippen molar-refractivity contribution in [3.63, 3.8) is 0 Å². The van der Waals surface area contributed by atoms with E-state index in [9.17, 15) is 19.2 Å². The molecular weight excluding hydrogens is 234 g/mol. The van der Waals surface area contributed by atoms with Gasteiger partial charge in [-0.25, -0.2) is 0 Å². The summed E-state index contributed by atoms with van der Waals surface area (Å²) in [5, 5.41) is 0. The lowest BCUT2D eigenvalue weighted by Gasteiger charge is -2.30.